The lowest BCUT2D eigenvalue weighted by Crippen LogP contribution is -2.05. The van der Waals surface area contributed by atoms with Gasteiger partial charge in [0, 0.05) is 13.2 Å². The van der Waals surface area contributed by atoms with Crippen molar-refractivity contribution < 1.29 is 5.11 Å². The summed E-state index contributed by atoms with van der Waals surface area (Å²) in [5.41, 5.74) is 0.747. The van der Waals surface area contributed by atoms with Gasteiger partial charge in [-0.1, -0.05) is 6.92 Å². The van der Waals surface area contributed by atoms with Crippen LogP contribution in [0.4, 0.5) is 5.82 Å². The molecule has 80 valence electrons. The van der Waals surface area contributed by atoms with Crippen molar-refractivity contribution >= 4 is 16.9 Å². The maximum Gasteiger partial charge on any atom is 0.161 e. The number of nitrogens with one attached hydrogen (secondary N) is 2. The number of H-pyrrole nitrogens is 1. The van der Waals surface area contributed by atoms with Crippen molar-refractivity contribution in [2.45, 2.75) is 19.4 Å². The predicted molar refractivity (Wildman–Crippen MR) is 58.7 cm³/mol. The van der Waals surface area contributed by atoms with E-state index in [1.54, 1.807) is 7.05 Å². The monoisotopic (exact) mass is 206 g/mol. The second-order valence-electron chi connectivity index (χ2n) is 3.34. The van der Waals surface area contributed by atoms with E-state index in [2.05, 4.69) is 20.3 Å². The van der Waals surface area contributed by atoms with E-state index < -0.39 is 6.10 Å². The third kappa shape index (κ3) is 1.66. The third-order valence-electron chi connectivity index (χ3n) is 2.35. The summed E-state index contributed by atoms with van der Waals surface area (Å²) in [6.45, 7) is 1.89. The third-order valence-corrected chi connectivity index (χ3v) is 2.35. The van der Waals surface area contributed by atoms with Gasteiger partial charge in [0.25, 0.3) is 0 Å². The molecule has 0 saturated heterocycles. The van der Waals surface area contributed by atoms with Crippen molar-refractivity contribution in [2.24, 2.45) is 0 Å². The van der Waals surface area contributed by atoms with Crippen LogP contribution in [0.25, 0.3) is 11.0 Å². The van der Waals surface area contributed by atoms with Crippen molar-refractivity contribution in [2.75, 3.05) is 12.4 Å². The maximum absolute atomic E-state index is 9.68. The van der Waals surface area contributed by atoms with Crippen LogP contribution in [0.2, 0.25) is 0 Å². The Morgan fingerprint density at radius 2 is 2.33 bits per heavy atom. The Bertz CT molecular complexity index is 465. The Kier molecular flexibility index (Phi) is 2.55. The first-order chi connectivity index (χ1) is 7.26. The minimum Gasteiger partial charge on any atom is -0.385 e. The zero-order valence-electron chi connectivity index (χ0n) is 8.78. The second-order valence-corrected chi connectivity index (χ2v) is 3.34. The molecule has 2 heterocycles. The van der Waals surface area contributed by atoms with E-state index >= 15 is 0 Å². The van der Waals surface area contributed by atoms with Gasteiger partial charge < -0.3 is 15.4 Å². The summed E-state index contributed by atoms with van der Waals surface area (Å²) in [6, 6.07) is 1.91. The molecule has 2 aromatic heterocycles. The quantitative estimate of drug-likeness (QED) is 0.710. The average molecular weight is 206 g/mol. The molecule has 1 unspecified atom stereocenters. The molecule has 3 N–H and O–H groups in total. The van der Waals surface area contributed by atoms with E-state index in [1.165, 1.54) is 0 Å². The fourth-order valence-electron chi connectivity index (χ4n) is 1.48. The van der Waals surface area contributed by atoms with Crippen LogP contribution < -0.4 is 5.32 Å². The highest BCUT2D eigenvalue weighted by Crippen LogP contribution is 2.21. The number of aliphatic hydroxyl groups is 1. The molecule has 15 heavy (non-hydrogen) atoms. The number of anilines is 1. The summed E-state index contributed by atoms with van der Waals surface area (Å²) < 4.78 is 0. The normalized spacial score (nSPS) is 13.0. The number of fused-ring (bicyclic) bond motifs is 1. The van der Waals surface area contributed by atoms with E-state index in [0.717, 1.165) is 16.9 Å². The Morgan fingerprint density at radius 3 is 3.00 bits per heavy atom. The molecule has 0 radical (unpaired) electrons. The number of aromatic amines is 1. The maximum atomic E-state index is 9.68. The van der Waals surface area contributed by atoms with E-state index in [-0.39, 0.29) is 0 Å². The molecular weight excluding hydrogens is 192 g/mol. The smallest absolute Gasteiger partial charge is 0.161 e. The molecule has 0 aromatic carbocycles. The molecule has 1 atom stereocenters. The molecule has 0 amide bonds. The molecule has 0 saturated carbocycles. The number of aromatic nitrogens is 3. The summed E-state index contributed by atoms with van der Waals surface area (Å²) in [6.07, 6.45) is 1.81. The largest absolute Gasteiger partial charge is 0.385 e. The minimum atomic E-state index is -0.607. The summed E-state index contributed by atoms with van der Waals surface area (Å²) >= 11 is 0. The zero-order chi connectivity index (χ0) is 10.8. The lowest BCUT2D eigenvalue weighted by atomic mass is 10.2. The van der Waals surface area contributed by atoms with Crippen LogP contribution >= 0.6 is 0 Å². The summed E-state index contributed by atoms with van der Waals surface area (Å²) in [4.78, 5) is 11.5. The van der Waals surface area contributed by atoms with Crippen LogP contribution in [0.15, 0.2) is 12.3 Å². The van der Waals surface area contributed by atoms with Crippen LogP contribution in [-0.4, -0.2) is 27.1 Å². The Hall–Kier alpha value is -1.62. The van der Waals surface area contributed by atoms with E-state index in [1.807, 2.05) is 19.2 Å². The van der Waals surface area contributed by atoms with Gasteiger partial charge in [0.05, 0.1) is 5.39 Å². The highest BCUT2D eigenvalue weighted by molar-refractivity contribution is 5.86. The van der Waals surface area contributed by atoms with Gasteiger partial charge in [-0.25, -0.2) is 9.97 Å². The van der Waals surface area contributed by atoms with E-state index in [9.17, 15) is 5.11 Å². The highest BCUT2D eigenvalue weighted by atomic mass is 16.3. The fourth-order valence-corrected chi connectivity index (χ4v) is 1.48. The van der Waals surface area contributed by atoms with Crippen molar-refractivity contribution in [3.05, 3.63) is 18.1 Å². The molecule has 0 aliphatic carbocycles. The first-order valence-corrected chi connectivity index (χ1v) is 4.97. The van der Waals surface area contributed by atoms with Gasteiger partial charge in [0.15, 0.2) is 5.82 Å². The predicted octanol–water partition coefficient (Wildman–Crippen LogP) is 1.44. The van der Waals surface area contributed by atoms with Gasteiger partial charge in [-0.3, -0.25) is 0 Å². The number of rotatable bonds is 3. The van der Waals surface area contributed by atoms with Crippen molar-refractivity contribution in [3.63, 3.8) is 0 Å². The van der Waals surface area contributed by atoms with Crippen molar-refractivity contribution in [1.82, 2.24) is 15.0 Å². The molecule has 0 spiro atoms. The van der Waals surface area contributed by atoms with E-state index in [0.29, 0.717) is 12.2 Å². The number of hydrogen-bond acceptors (Lipinski definition) is 4. The van der Waals surface area contributed by atoms with Crippen molar-refractivity contribution in [3.8, 4) is 0 Å². The Balaban J connectivity index is 2.58. The molecular formula is C10H14N4O. The summed E-state index contributed by atoms with van der Waals surface area (Å²) in [7, 11) is 1.80. The van der Waals surface area contributed by atoms with Gasteiger partial charge >= 0.3 is 0 Å². The first-order valence-electron chi connectivity index (χ1n) is 4.97. The molecule has 5 heteroatoms. The first kappa shape index (κ1) is 9.92. The lowest BCUT2D eigenvalue weighted by Gasteiger charge is -2.08. The molecule has 2 aromatic rings. The SMILES string of the molecule is CCC(O)c1nc(NC)c2cc[nH]c2n1. The molecule has 5 nitrogen and oxygen atoms in total. The number of hydrogen-bond donors (Lipinski definition) is 3. The minimum absolute atomic E-state index is 0.455. The molecule has 0 aliphatic heterocycles. The van der Waals surface area contributed by atoms with Crippen LogP contribution in [-0.2, 0) is 0 Å². The summed E-state index contributed by atoms with van der Waals surface area (Å²) in [5, 5.41) is 13.6. The molecule has 0 fully saturated rings. The molecule has 0 aliphatic rings. The number of aliphatic hydroxyl groups excluding tert-OH is 1. The molecule has 0 bridgehead atoms. The standard InChI is InChI=1S/C10H14N4O/c1-3-7(15)10-13-8(11-2)6-4-5-12-9(6)14-10/h4-5,7,15H,3H2,1-2H3,(H2,11,12,13,14). The van der Waals surface area contributed by atoms with Crippen LogP contribution in [0.5, 0.6) is 0 Å². The topological polar surface area (TPSA) is 73.8 Å². The Labute approximate surface area is 87.6 Å². The van der Waals surface area contributed by atoms with Gasteiger partial charge in [0.1, 0.15) is 17.6 Å². The fraction of sp³-hybridized carbons (Fsp3) is 0.400. The average Bonchev–Trinajstić information content (AvgIpc) is 2.74. The van der Waals surface area contributed by atoms with Crippen LogP contribution in [0.1, 0.15) is 25.3 Å². The van der Waals surface area contributed by atoms with E-state index in [4.69, 9.17) is 0 Å². The second kappa shape index (κ2) is 3.86. The highest BCUT2D eigenvalue weighted by Gasteiger charge is 2.12. The van der Waals surface area contributed by atoms with Gasteiger partial charge in [-0.15, -0.1) is 0 Å². The Morgan fingerprint density at radius 1 is 1.53 bits per heavy atom. The van der Waals surface area contributed by atoms with Gasteiger partial charge in [-0.2, -0.15) is 0 Å². The van der Waals surface area contributed by atoms with Crippen LogP contribution in [0.3, 0.4) is 0 Å². The van der Waals surface area contributed by atoms with Gasteiger partial charge in [-0.05, 0) is 12.5 Å². The number of nitrogens with zero attached hydrogens (tertiary/aromatic N) is 2. The summed E-state index contributed by atoms with van der Waals surface area (Å²) in [5.74, 6) is 1.19. The molecule has 2 rings (SSSR count). The van der Waals surface area contributed by atoms with Gasteiger partial charge in [0.2, 0.25) is 0 Å². The zero-order valence-corrected chi connectivity index (χ0v) is 8.78. The van der Waals surface area contributed by atoms with Crippen molar-refractivity contribution in [1.29, 1.82) is 0 Å². The van der Waals surface area contributed by atoms with Crippen LogP contribution in [0, 0.1) is 0 Å². The lowest BCUT2D eigenvalue weighted by molar-refractivity contribution is 0.164.